The molecule has 3 heterocycles. The molecule has 2 saturated heterocycles. The summed E-state index contributed by atoms with van der Waals surface area (Å²) in [7, 11) is 5.90. The normalized spacial score (nSPS) is 22.1. The molecule has 4 fully saturated rings. The molecule has 121 heavy (non-hydrogen) atoms. The van der Waals surface area contributed by atoms with E-state index in [-0.39, 0.29) is 85.4 Å². The first-order valence-corrected chi connectivity index (χ1v) is 42.6. The smallest absolute Gasteiger partial charge is 0.409 e. The van der Waals surface area contributed by atoms with Gasteiger partial charge in [-0.05, 0) is 116 Å². The third-order valence-electron chi connectivity index (χ3n) is 23.2. The average molecular weight is 1710 g/mol. The maximum absolute atomic E-state index is 14.8. The monoisotopic (exact) mass is 1710 g/mol. The van der Waals surface area contributed by atoms with Gasteiger partial charge in [0.05, 0.1) is 94.6 Å². The summed E-state index contributed by atoms with van der Waals surface area (Å²) in [5.74, 6) is -2.78. The van der Waals surface area contributed by atoms with E-state index in [1.165, 1.54) is 38.0 Å². The largest absolute Gasteiger partial charge is 0.495 e. The molecule has 0 spiro atoms. The molecule has 32 heteroatoms. The van der Waals surface area contributed by atoms with Crippen molar-refractivity contribution in [3.8, 4) is 5.75 Å². The van der Waals surface area contributed by atoms with Gasteiger partial charge in [0.2, 0.25) is 28.7 Å². The standard InChI is InChI=1S/C62H80ClN7O14S.C27H34N4O5/c1-40-16-15-19-50(79-8)62(77)38-49(82-59(76)66-62)41(2)55-60(4,84-55)51(37-53(72)69(6)47-35-44(34-40)36-48(78-7)54(47)63)83-56(73)42(3)68(5)52(71)24-33-85-57(74)45-22-20-43(21-23-45)39-70(28-30-81-32-31-80-29-27-65-67-64)58(75)61(25-13-10-14-26-61)46-17-11-9-12-18-46;28-30-29-15-17-35-19-20-36-18-16-31(21-22-9-11-23(12-10-22)25(32)33)26(34)27(13-5-2-6-14-27)24-7-3-1-4-8-24/h9,11-12,15-23,35-36,41-42,49-51,55,77H,10,13-14,24-34,37-39H2,1-8H3,(H,66,76);1,3-4,7-12H,2,5-6,13-21H2,(H,32,33)/b19-15+,40-16+;/t41-,42+,49+,50-,51+,55+,60-,62+;/m0./s1. The van der Waals surface area contributed by atoms with Crippen molar-refractivity contribution in [3.63, 3.8) is 0 Å². The fourth-order valence-electron chi connectivity index (χ4n) is 16.1. The number of amides is 5. The van der Waals surface area contributed by atoms with Crippen molar-refractivity contribution in [2.45, 2.75) is 183 Å². The van der Waals surface area contributed by atoms with Gasteiger partial charge in [-0.3, -0.25) is 29.3 Å². The van der Waals surface area contributed by atoms with E-state index in [0.29, 0.717) is 82.7 Å². The molecule has 5 aromatic carbocycles. The van der Waals surface area contributed by atoms with Crippen LogP contribution in [0.25, 0.3) is 20.9 Å². The van der Waals surface area contributed by atoms with Gasteiger partial charge >= 0.3 is 18.0 Å². The number of carboxylic acid groups (broad SMARTS) is 1. The maximum Gasteiger partial charge on any atom is 0.409 e. The van der Waals surface area contributed by atoms with Gasteiger partial charge in [0.15, 0.2) is 5.72 Å². The number of benzene rings is 5. The van der Waals surface area contributed by atoms with Crippen LogP contribution in [-0.2, 0) is 92.2 Å². The lowest BCUT2D eigenvalue weighted by atomic mass is 9.68. The summed E-state index contributed by atoms with van der Waals surface area (Å²) in [5.41, 5.74) is 18.7. The summed E-state index contributed by atoms with van der Waals surface area (Å²) in [6.45, 7) is 11.4. The maximum atomic E-state index is 14.8. The highest BCUT2D eigenvalue weighted by molar-refractivity contribution is 8.14. The summed E-state index contributed by atoms with van der Waals surface area (Å²) in [6, 6.07) is 36.1. The Hall–Kier alpha value is -9.88. The van der Waals surface area contributed by atoms with Gasteiger partial charge in [0.1, 0.15) is 40.7 Å². The highest BCUT2D eigenvalue weighted by Crippen LogP contribution is 2.50. The van der Waals surface area contributed by atoms with E-state index in [2.05, 4.69) is 25.4 Å². The Kier molecular flexibility index (Phi) is 36.4. The number of esters is 1. The van der Waals surface area contributed by atoms with E-state index < -0.39 is 88.4 Å². The summed E-state index contributed by atoms with van der Waals surface area (Å²) in [5, 5.41) is 30.4. The van der Waals surface area contributed by atoms with Crippen LogP contribution in [0.2, 0.25) is 5.02 Å². The molecule has 5 aliphatic rings. The number of nitrogens with zero attached hydrogens (tertiary/aromatic N) is 10. The zero-order valence-electron chi connectivity index (χ0n) is 70.3. The molecule has 4 bridgehead atoms. The number of likely N-dealkylation sites (N-methyl/N-ethyl adjacent to an activating group) is 1. The highest BCUT2D eigenvalue weighted by Gasteiger charge is 2.65. The molecule has 3 N–H and O–H groups in total. The average Bonchev–Trinajstić information content (AvgIpc) is 1.56. The Balaban J connectivity index is 0.000000384. The number of carbonyl (C=O) groups is 8. The van der Waals surface area contributed by atoms with E-state index in [9.17, 15) is 48.6 Å². The van der Waals surface area contributed by atoms with Crippen LogP contribution in [0, 0.1) is 5.92 Å². The third kappa shape index (κ3) is 25.9. The first-order valence-electron chi connectivity index (χ1n) is 41.2. The quantitative estimate of drug-likeness (QED) is 0.00837. The predicted octanol–water partition coefficient (Wildman–Crippen LogP) is 14.0. The zero-order chi connectivity index (χ0) is 87.1. The third-order valence-corrected chi connectivity index (χ3v) is 24.5. The number of epoxide rings is 1. The van der Waals surface area contributed by atoms with Crippen LogP contribution in [0.15, 0.2) is 155 Å². The Labute approximate surface area is 716 Å². The summed E-state index contributed by atoms with van der Waals surface area (Å²) in [4.78, 5) is 121. The van der Waals surface area contributed by atoms with E-state index in [4.69, 9.17) is 65.3 Å². The number of hydrogen-bond donors (Lipinski definition) is 3. The van der Waals surface area contributed by atoms with Gasteiger partial charge in [0, 0.05) is 100 Å². The molecule has 8 atom stereocenters. The molecule has 2 aliphatic carbocycles. The van der Waals surface area contributed by atoms with Crippen molar-refractivity contribution in [2.75, 3.05) is 118 Å². The molecule has 10 rings (SSSR count). The Morgan fingerprint density at radius 3 is 1.74 bits per heavy atom. The summed E-state index contributed by atoms with van der Waals surface area (Å²) >= 11 is 7.82. The van der Waals surface area contributed by atoms with Gasteiger partial charge in [-0.2, -0.15) is 0 Å². The van der Waals surface area contributed by atoms with E-state index in [1.54, 1.807) is 81.6 Å². The molecule has 5 aromatic rings. The zero-order valence-corrected chi connectivity index (χ0v) is 71.9. The minimum Gasteiger partial charge on any atom is -0.495 e. The van der Waals surface area contributed by atoms with Crippen LogP contribution in [0.5, 0.6) is 5.75 Å². The first kappa shape index (κ1) is 95.0. The SMILES string of the molecule is COc1cc2cc(c1Cl)N(C)C(=O)C[C@@H](OC(=O)[C@@H](C)N(C)C(=O)CCSC(=O)c1ccc(CN(CCOCCOCCN=[N+]=[N-])C(=O)C3(c4ccccc4)CCCCC3)cc1)[C@]1(C)O[C@@H]1[C@@H](C)[C@H]1C[C@](O)(NC(=O)O1)[C@@H](OC)/C=C/C=C(\C)C2.[N-]=[N+]=NCCOCCOCCN(Cc1ccc(C(=O)O)cc1)C(=O)C1(c2ccccc2)CCCCC1. The summed E-state index contributed by atoms with van der Waals surface area (Å²) < 4.78 is 52.1. The van der Waals surface area contributed by atoms with Crippen molar-refractivity contribution >= 4 is 75.8 Å². The molecule has 30 nitrogen and oxygen atoms in total. The number of methoxy groups -OCH3 is 2. The molecule has 0 radical (unpaired) electrons. The number of hydrogen-bond acceptors (Lipinski definition) is 21. The van der Waals surface area contributed by atoms with Crippen molar-refractivity contribution in [3.05, 3.63) is 210 Å². The molecule has 0 unspecified atom stereocenters. The first-order chi connectivity index (χ1) is 58.2. The van der Waals surface area contributed by atoms with Crippen LogP contribution in [0.3, 0.4) is 0 Å². The number of thioether (sulfide) groups is 1. The number of carboxylic acids is 1. The number of azide groups is 2. The Bertz CT molecular complexity index is 4470. The Morgan fingerprint density at radius 1 is 0.727 bits per heavy atom. The molecule has 652 valence electrons. The molecular weight excluding hydrogens is 1590 g/mol. The lowest BCUT2D eigenvalue weighted by Gasteiger charge is -2.42. The van der Waals surface area contributed by atoms with Crippen LogP contribution in [-0.4, -0.2) is 227 Å². The number of rotatable bonds is 36. The van der Waals surface area contributed by atoms with Crippen LogP contribution >= 0.6 is 23.4 Å². The number of ether oxygens (including phenoxy) is 9. The van der Waals surface area contributed by atoms with Gasteiger partial charge in [-0.25, -0.2) is 14.4 Å². The van der Waals surface area contributed by atoms with Crippen molar-refractivity contribution in [1.29, 1.82) is 0 Å². The lowest BCUT2D eigenvalue weighted by Crippen LogP contribution is -2.63. The topological polar surface area (TPSA) is 386 Å². The second-order valence-corrected chi connectivity index (χ2v) is 32.8. The number of nitrogens with one attached hydrogen (secondary N) is 1. The van der Waals surface area contributed by atoms with Crippen molar-refractivity contribution in [1.82, 2.24) is 20.0 Å². The minimum absolute atomic E-state index is 0.0281. The fourth-order valence-corrected chi connectivity index (χ4v) is 17.2. The number of carbonyl (C=O) groups excluding carboxylic acids is 7. The molecule has 3 aliphatic heterocycles. The summed E-state index contributed by atoms with van der Waals surface area (Å²) in [6.07, 6.45) is 9.45. The molecule has 2 saturated carbocycles. The molecular formula is C89H114ClN11O19S. The van der Waals surface area contributed by atoms with Gasteiger partial charge in [-0.15, -0.1) is 0 Å². The number of alkyl carbamates (subject to hydrolysis) is 1. The number of anilines is 1. The van der Waals surface area contributed by atoms with Crippen LogP contribution in [0.1, 0.15) is 160 Å². The number of fused-ring (bicyclic) bond motifs is 5. The number of aliphatic hydroxyl groups is 1. The van der Waals surface area contributed by atoms with Gasteiger partial charge in [0.25, 0.3) is 0 Å². The molecule has 0 aromatic heterocycles. The van der Waals surface area contributed by atoms with Crippen LogP contribution in [0.4, 0.5) is 10.5 Å². The van der Waals surface area contributed by atoms with E-state index in [1.807, 2.05) is 95.6 Å². The number of aromatic carboxylic acids is 1. The minimum atomic E-state index is -1.89. The molecule has 5 amide bonds. The number of halogens is 1. The van der Waals surface area contributed by atoms with E-state index in [0.717, 1.165) is 109 Å². The number of allylic oxidation sites excluding steroid dienone is 3. The van der Waals surface area contributed by atoms with Gasteiger partial charge in [-0.1, -0.05) is 200 Å². The van der Waals surface area contributed by atoms with Crippen molar-refractivity contribution < 1.29 is 91.2 Å². The second-order valence-electron chi connectivity index (χ2n) is 31.3. The van der Waals surface area contributed by atoms with Gasteiger partial charge < -0.3 is 72.4 Å². The second kappa shape index (κ2) is 46.4. The van der Waals surface area contributed by atoms with Crippen LogP contribution < -0.4 is 15.0 Å². The fraction of sp³-hybridized carbons (Fsp3) is 0.528. The highest BCUT2D eigenvalue weighted by atomic mass is 35.5. The predicted molar refractivity (Wildman–Crippen MR) is 457 cm³/mol. The Morgan fingerprint density at radius 2 is 1.24 bits per heavy atom. The van der Waals surface area contributed by atoms with E-state index >= 15 is 0 Å². The van der Waals surface area contributed by atoms with Crippen molar-refractivity contribution in [2.24, 2.45) is 16.1 Å². The lowest BCUT2D eigenvalue weighted by molar-refractivity contribution is -0.162.